The first-order chi connectivity index (χ1) is 14.0. The number of anilines is 1. The van der Waals surface area contributed by atoms with Gasteiger partial charge in [0, 0.05) is 25.9 Å². The summed E-state index contributed by atoms with van der Waals surface area (Å²) in [6.45, 7) is 8.05. The third-order valence-corrected chi connectivity index (χ3v) is 7.65. The molecule has 0 amide bonds. The summed E-state index contributed by atoms with van der Waals surface area (Å²) in [7, 11) is 0. The lowest BCUT2D eigenvalue weighted by molar-refractivity contribution is 0.0226. The minimum atomic E-state index is -0.370. The summed E-state index contributed by atoms with van der Waals surface area (Å²) in [5.41, 5.74) is 5.07. The molecule has 5 rings (SSSR count). The first-order valence-corrected chi connectivity index (χ1v) is 11.3. The Morgan fingerprint density at radius 2 is 1.97 bits per heavy atom. The number of rotatable bonds is 2. The molecule has 2 aromatic carbocycles. The van der Waals surface area contributed by atoms with Crippen molar-refractivity contribution in [2.24, 2.45) is 0 Å². The number of aromatic nitrogens is 1. The Morgan fingerprint density at radius 3 is 2.72 bits per heavy atom. The van der Waals surface area contributed by atoms with Gasteiger partial charge in [-0.1, -0.05) is 30.4 Å². The monoisotopic (exact) mass is 406 g/mol. The van der Waals surface area contributed by atoms with Gasteiger partial charge in [-0.2, -0.15) is 0 Å². The first-order valence-electron chi connectivity index (χ1n) is 10.4. The highest BCUT2D eigenvalue weighted by molar-refractivity contribution is 7.22. The number of nitrogens with zero attached hydrogens (tertiary/aromatic N) is 2. The van der Waals surface area contributed by atoms with Gasteiger partial charge in [0.1, 0.15) is 11.4 Å². The standard InChI is InChI=1S/C24H26N2O2S/c1-4-17-6-8-19-21(13-17)29-23(25-19)26-11-9-24(10-12-26)14-20(27)18-7-5-15(2)16(3)22(18)28-24/h5-8,13H,4,9-12,14H2,1-3H3. The van der Waals surface area contributed by atoms with Gasteiger partial charge in [0.2, 0.25) is 0 Å². The lowest BCUT2D eigenvalue weighted by Gasteiger charge is -2.44. The van der Waals surface area contributed by atoms with E-state index in [0.717, 1.165) is 59.9 Å². The van der Waals surface area contributed by atoms with Crippen LogP contribution < -0.4 is 9.64 Å². The van der Waals surface area contributed by atoms with Crippen molar-refractivity contribution in [2.45, 2.75) is 52.1 Å². The molecule has 1 aromatic heterocycles. The lowest BCUT2D eigenvalue weighted by atomic mass is 9.81. The van der Waals surface area contributed by atoms with Crippen molar-refractivity contribution in [3.63, 3.8) is 0 Å². The number of hydrogen-bond acceptors (Lipinski definition) is 5. The van der Waals surface area contributed by atoms with Gasteiger partial charge in [-0.25, -0.2) is 4.98 Å². The van der Waals surface area contributed by atoms with Crippen LogP contribution in [-0.4, -0.2) is 29.5 Å². The lowest BCUT2D eigenvalue weighted by Crippen LogP contribution is -2.51. The van der Waals surface area contributed by atoms with E-state index in [0.29, 0.717) is 6.42 Å². The molecular formula is C24H26N2O2S. The molecule has 150 valence electrons. The molecule has 1 saturated heterocycles. The van der Waals surface area contributed by atoms with Gasteiger partial charge >= 0.3 is 0 Å². The van der Waals surface area contributed by atoms with Gasteiger partial charge in [-0.3, -0.25) is 4.79 Å². The second-order valence-electron chi connectivity index (χ2n) is 8.41. The van der Waals surface area contributed by atoms with Crippen molar-refractivity contribution in [2.75, 3.05) is 18.0 Å². The van der Waals surface area contributed by atoms with Gasteiger partial charge in [0.05, 0.1) is 22.2 Å². The Kier molecular flexibility index (Phi) is 4.39. The zero-order valence-electron chi connectivity index (χ0n) is 17.2. The minimum absolute atomic E-state index is 0.217. The summed E-state index contributed by atoms with van der Waals surface area (Å²) in [6, 6.07) is 10.5. The Bertz CT molecular complexity index is 1110. The van der Waals surface area contributed by atoms with Crippen LogP contribution in [0.5, 0.6) is 5.75 Å². The first kappa shape index (κ1) is 18.6. The molecule has 1 fully saturated rings. The number of fused-ring (bicyclic) bond motifs is 2. The quantitative estimate of drug-likeness (QED) is 0.565. The number of ether oxygens (including phenoxy) is 1. The van der Waals surface area contributed by atoms with E-state index >= 15 is 0 Å². The Hall–Kier alpha value is -2.40. The number of piperidine rings is 1. The second kappa shape index (κ2) is 6.84. The van der Waals surface area contributed by atoms with Gasteiger partial charge in [-0.15, -0.1) is 0 Å². The normalized spacial score (nSPS) is 18.2. The maximum atomic E-state index is 12.8. The van der Waals surface area contributed by atoms with Crippen molar-refractivity contribution < 1.29 is 9.53 Å². The van der Waals surface area contributed by atoms with Gasteiger partial charge in [0.15, 0.2) is 10.9 Å². The Morgan fingerprint density at radius 1 is 1.17 bits per heavy atom. The molecule has 3 heterocycles. The van der Waals surface area contributed by atoms with E-state index in [4.69, 9.17) is 9.72 Å². The van der Waals surface area contributed by atoms with E-state index in [1.807, 2.05) is 12.1 Å². The molecule has 1 spiro atoms. The number of benzene rings is 2. The molecule has 0 aliphatic carbocycles. The summed E-state index contributed by atoms with van der Waals surface area (Å²) in [6.07, 6.45) is 3.22. The van der Waals surface area contributed by atoms with Crippen molar-refractivity contribution in [1.29, 1.82) is 0 Å². The van der Waals surface area contributed by atoms with E-state index < -0.39 is 0 Å². The molecule has 2 aliphatic rings. The van der Waals surface area contributed by atoms with E-state index in [2.05, 4.69) is 43.9 Å². The molecule has 0 N–H and O–H groups in total. The van der Waals surface area contributed by atoms with Crippen LogP contribution in [0.3, 0.4) is 0 Å². The van der Waals surface area contributed by atoms with E-state index in [9.17, 15) is 4.79 Å². The molecule has 3 aromatic rings. The fourth-order valence-electron chi connectivity index (χ4n) is 4.48. The summed E-state index contributed by atoms with van der Waals surface area (Å²) in [5, 5.41) is 1.08. The molecule has 0 atom stereocenters. The third kappa shape index (κ3) is 3.12. The van der Waals surface area contributed by atoms with Crippen molar-refractivity contribution >= 4 is 32.5 Å². The molecular weight excluding hydrogens is 380 g/mol. The molecule has 0 saturated carbocycles. The summed E-state index contributed by atoms with van der Waals surface area (Å²) in [5.74, 6) is 1.02. The number of aryl methyl sites for hydroxylation is 2. The minimum Gasteiger partial charge on any atom is -0.486 e. The summed E-state index contributed by atoms with van der Waals surface area (Å²) >= 11 is 1.77. The fourth-order valence-corrected chi connectivity index (χ4v) is 5.56. The predicted octanol–water partition coefficient (Wildman–Crippen LogP) is 5.48. The SMILES string of the molecule is CCc1ccc2nc(N3CCC4(CC3)CC(=O)c3ccc(C)c(C)c3O4)sc2c1. The Labute approximate surface area is 175 Å². The molecule has 29 heavy (non-hydrogen) atoms. The van der Waals surface area contributed by atoms with Crippen LogP contribution in [-0.2, 0) is 6.42 Å². The Balaban J connectivity index is 1.37. The number of hydrogen-bond donors (Lipinski definition) is 0. The van der Waals surface area contributed by atoms with E-state index in [-0.39, 0.29) is 11.4 Å². The summed E-state index contributed by atoms with van der Waals surface area (Å²) in [4.78, 5) is 20.1. The highest BCUT2D eigenvalue weighted by Crippen LogP contribution is 2.43. The van der Waals surface area contributed by atoms with Crippen LogP contribution in [0.15, 0.2) is 30.3 Å². The van der Waals surface area contributed by atoms with Crippen LogP contribution in [0.25, 0.3) is 10.2 Å². The number of carbonyl (C=O) groups is 1. The highest BCUT2D eigenvalue weighted by Gasteiger charge is 2.43. The molecule has 4 nitrogen and oxygen atoms in total. The molecule has 5 heteroatoms. The van der Waals surface area contributed by atoms with Gasteiger partial charge in [-0.05, 0) is 55.2 Å². The van der Waals surface area contributed by atoms with E-state index in [1.165, 1.54) is 15.8 Å². The van der Waals surface area contributed by atoms with Gasteiger partial charge in [0.25, 0.3) is 0 Å². The average molecular weight is 407 g/mol. The maximum Gasteiger partial charge on any atom is 0.186 e. The van der Waals surface area contributed by atoms with Crippen molar-refractivity contribution in [3.05, 3.63) is 52.6 Å². The molecule has 2 aliphatic heterocycles. The zero-order valence-corrected chi connectivity index (χ0v) is 18.1. The topological polar surface area (TPSA) is 42.4 Å². The van der Waals surface area contributed by atoms with Crippen LogP contribution in [0.4, 0.5) is 5.13 Å². The molecule has 0 unspecified atom stereocenters. The average Bonchev–Trinajstić information content (AvgIpc) is 3.15. The third-order valence-electron chi connectivity index (χ3n) is 6.57. The van der Waals surface area contributed by atoms with Gasteiger partial charge < -0.3 is 9.64 Å². The zero-order chi connectivity index (χ0) is 20.2. The molecule has 0 bridgehead atoms. The molecule has 0 radical (unpaired) electrons. The number of carbonyl (C=O) groups excluding carboxylic acids is 1. The summed E-state index contributed by atoms with van der Waals surface area (Å²) < 4.78 is 7.80. The van der Waals surface area contributed by atoms with Crippen LogP contribution in [0, 0.1) is 13.8 Å². The highest BCUT2D eigenvalue weighted by atomic mass is 32.1. The smallest absolute Gasteiger partial charge is 0.186 e. The number of ketones is 1. The van der Waals surface area contributed by atoms with Crippen molar-refractivity contribution in [3.8, 4) is 5.75 Å². The van der Waals surface area contributed by atoms with Crippen molar-refractivity contribution in [1.82, 2.24) is 4.98 Å². The number of Topliss-reactive ketones (excluding diaryl/α,β-unsaturated/α-hetero) is 1. The van der Waals surface area contributed by atoms with Crippen LogP contribution >= 0.6 is 11.3 Å². The number of thiazole rings is 1. The van der Waals surface area contributed by atoms with E-state index in [1.54, 1.807) is 11.3 Å². The fraction of sp³-hybridized carbons (Fsp3) is 0.417. The van der Waals surface area contributed by atoms with Crippen LogP contribution in [0.2, 0.25) is 0 Å². The predicted molar refractivity (Wildman–Crippen MR) is 119 cm³/mol. The van der Waals surface area contributed by atoms with Crippen LogP contribution in [0.1, 0.15) is 53.2 Å². The second-order valence-corrected chi connectivity index (χ2v) is 9.42. The largest absolute Gasteiger partial charge is 0.486 e. The maximum absolute atomic E-state index is 12.8.